The van der Waals surface area contributed by atoms with Crippen LogP contribution in [-0.2, 0) is 6.54 Å². The fourth-order valence-corrected chi connectivity index (χ4v) is 1.50. The van der Waals surface area contributed by atoms with Gasteiger partial charge in [0.15, 0.2) is 0 Å². The lowest BCUT2D eigenvalue weighted by Gasteiger charge is -2.16. The van der Waals surface area contributed by atoms with Crippen LogP contribution in [0.2, 0.25) is 0 Å². The van der Waals surface area contributed by atoms with E-state index in [1.54, 1.807) is 0 Å². The molecule has 8 heteroatoms. The lowest BCUT2D eigenvalue weighted by atomic mass is 10.1. The molecular formula is C11H12F4N2O2. The summed E-state index contributed by atoms with van der Waals surface area (Å²) in [5, 5.41) is 12.8. The number of nitro groups is 1. The van der Waals surface area contributed by atoms with E-state index < -0.39 is 23.8 Å². The van der Waals surface area contributed by atoms with Gasteiger partial charge in [-0.2, -0.15) is 8.78 Å². The quantitative estimate of drug-likeness (QED) is 0.495. The number of rotatable bonds is 6. The van der Waals surface area contributed by atoms with Gasteiger partial charge >= 0.3 is 12.3 Å². The van der Waals surface area contributed by atoms with Crippen LogP contribution in [-0.4, -0.2) is 23.8 Å². The molecule has 1 aromatic rings. The van der Waals surface area contributed by atoms with Gasteiger partial charge in [0, 0.05) is 18.2 Å². The fraction of sp³-hybridized carbons (Fsp3) is 0.455. The maximum absolute atomic E-state index is 12.6. The molecule has 0 spiro atoms. The van der Waals surface area contributed by atoms with E-state index in [0.29, 0.717) is 11.1 Å². The minimum Gasteiger partial charge on any atom is -0.307 e. The van der Waals surface area contributed by atoms with Gasteiger partial charge < -0.3 is 5.32 Å². The van der Waals surface area contributed by atoms with Gasteiger partial charge in [0.2, 0.25) is 0 Å². The van der Waals surface area contributed by atoms with Crippen LogP contribution in [0.5, 0.6) is 0 Å². The molecule has 0 saturated carbocycles. The number of nitrogens with zero attached hydrogens (tertiary/aromatic N) is 1. The molecule has 0 saturated heterocycles. The number of hydrogen-bond donors (Lipinski definition) is 1. The second-order valence-electron chi connectivity index (χ2n) is 3.98. The summed E-state index contributed by atoms with van der Waals surface area (Å²) in [5.74, 6) is -4.12. The Balaban J connectivity index is 2.69. The van der Waals surface area contributed by atoms with Crippen molar-refractivity contribution < 1.29 is 22.5 Å². The Kier molecular flexibility index (Phi) is 4.82. The maximum atomic E-state index is 12.6. The highest BCUT2D eigenvalue weighted by molar-refractivity contribution is 5.44. The largest absolute Gasteiger partial charge is 0.319 e. The minimum absolute atomic E-state index is 0.139. The predicted octanol–water partition coefficient (Wildman–Crippen LogP) is 2.89. The zero-order chi connectivity index (χ0) is 14.6. The van der Waals surface area contributed by atoms with Gasteiger partial charge in [0.25, 0.3) is 5.69 Å². The molecule has 0 fully saturated rings. The molecule has 0 aliphatic carbocycles. The van der Waals surface area contributed by atoms with E-state index in [0.717, 1.165) is 0 Å². The van der Waals surface area contributed by atoms with Gasteiger partial charge in [0.1, 0.15) is 0 Å². The van der Waals surface area contributed by atoms with E-state index >= 15 is 0 Å². The Labute approximate surface area is 106 Å². The van der Waals surface area contributed by atoms with Crippen molar-refractivity contribution in [2.45, 2.75) is 25.8 Å². The maximum Gasteiger partial charge on any atom is 0.319 e. The lowest BCUT2D eigenvalue weighted by Crippen LogP contribution is -2.38. The summed E-state index contributed by atoms with van der Waals surface area (Å²) in [6.07, 6.45) is -3.74. The Bertz CT molecular complexity index is 466. The van der Waals surface area contributed by atoms with E-state index in [-0.39, 0.29) is 12.2 Å². The standard InChI is InChI=1S/C11H12F4N2O2/c1-7-8(3-2-4-9(7)17(18)19)5-16-6-11(14,15)10(12)13/h2-4,10,16H,5-6H2,1H3. The van der Waals surface area contributed by atoms with Crippen LogP contribution in [0.25, 0.3) is 0 Å². The van der Waals surface area contributed by atoms with Crippen LogP contribution < -0.4 is 5.32 Å². The van der Waals surface area contributed by atoms with Crippen molar-refractivity contribution in [3.05, 3.63) is 39.4 Å². The summed E-state index contributed by atoms with van der Waals surface area (Å²) in [6.45, 7) is 0.142. The smallest absolute Gasteiger partial charge is 0.307 e. The summed E-state index contributed by atoms with van der Waals surface area (Å²) in [6, 6.07) is 4.20. The molecule has 0 aliphatic heterocycles. The fourth-order valence-electron chi connectivity index (χ4n) is 1.50. The Morgan fingerprint density at radius 3 is 2.58 bits per heavy atom. The van der Waals surface area contributed by atoms with Gasteiger partial charge in [0.05, 0.1) is 11.5 Å². The first-order chi connectivity index (χ1) is 8.75. The van der Waals surface area contributed by atoms with Crippen molar-refractivity contribution in [3.63, 3.8) is 0 Å². The van der Waals surface area contributed by atoms with E-state index in [1.807, 2.05) is 0 Å². The van der Waals surface area contributed by atoms with Crippen LogP contribution in [0, 0.1) is 17.0 Å². The SMILES string of the molecule is Cc1c(CNCC(F)(F)C(F)F)cccc1[N+](=O)[O-]. The summed E-state index contributed by atoms with van der Waals surface area (Å²) in [4.78, 5) is 10.1. The molecule has 0 bridgehead atoms. The average Bonchev–Trinajstić information content (AvgIpc) is 2.30. The second kappa shape index (κ2) is 5.96. The van der Waals surface area contributed by atoms with Crippen molar-refractivity contribution in [2.24, 2.45) is 0 Å². The molecule has 4 nitrogen and oxygen atoms in total. The molecule has 1 rings (SSSR count). The normalized spacial score (nSPS) is 11.9. The highest BCUT2D eigenvalue weighted by Gasteiger charge is 2.40. The van der Waals surface area contributed by atoms with Crippen molar-refractivity contribution in [3.8, 4) is 0 Å². The average molecular weight is 280 g/mol. The number of nitro benzene ring substituents is 1. The first-order valence-corrected chi connectivity index (χ1v) is 5.35. The zero-order valence-electron chi connectivity index (χ0n) is 10.00. The molecule has 106 valence electrons. The van der Waals surface area contributed by atoms with Gasteiger partial charge in [-0.3, -0.25) is 10.1 Å². The number of benzene rings is 1. The highest BCUT2D eigenvalue weighted by Crippen LogP contribution is 2.23. The molecule has 0 radical (unpaired) electrons. The van der Waals surface area contributed by atoms with Crippen molar-refractivity contribution in [2.75, 3.05) is 6.54 Å². The van der Waals surface area contributed by atoms with Crippen molar-refractivity contribution >= 4 is 5.69 Å². The first kappa shape index (κ1) is 15.4. The van der Waals surface area contributed by atoms with E-state index in [4.69, 9.17) is 0 Å². The zero-order valence-corrected chi connectivity index (χ0v) is 10.00. The molecule has 0 heterocycles. The van der Waals surface area contributed by atoms with Gasteiger partial charge in [-0.15, -0.1) is 0 Å². The summed E-state index contributed by atoms with van der Waals surface area (Å²) < 4.78 is 49.1. The van der Waals surface area contributed by atoms with Crippen molar-refractivity contribution in [1.82, 2.24) is 5.32 Å². The number of halogens is 4. The number of nitrogens with one attached hydrogen (secondary N) is 1. The number of alkyl halides is 4. The summed E-state index contributed by atoms with van der Waals surface area (Å²) >= 11 is 0. The third-order valence-electron chi connectivity index (χ3n) is 2.61. The minimum atomic E-state index is -4.12. The van der Waals surface area contributed by atoms with Gasteiger partial charge in [-0.05, 0) is 12.5 Å². The summed E-state index contributed by atoms with van der Waals surface area (Å²) in [7, 11) is 0. The second-order valence-corrected chi connectivity index (χ2v) is 3.98. The molecule has 0 aliphatic rings. The molecule has 0 atom stereocenters. The first-order valence-electron chi connectivity index (χ1n) is 5.35. The third-order valence-corrected chi connectivity index (χ3v) is 2.61. The Hall–Kier alpha value is -1.70. The van der Waals surface area contributed by atoms with Crippen LogP contribution in [0.3, 0.4) is 0 Å². The molecular weight excluding hydrogens is 268 g/mol. The van der Waals surface area contributed by atoms with E-state index in [9.17, 15) is 27.7 Å². The molecule has 1 N–H and O–H groups in total. The molecule has 0 unspecified atom stereocenters. The van der Waals surface area contributed by atoms with E-state index in [2.05, 4.69) is 5.32 Å². The van der Waals surface area contributed by atoms with Crippen molar-refractivity contribution in [1.29, 1.82) is 0 Å². The summed E-state index contributed by atoms with van der Waals surface area (Å²) in [5.41, 5.74) is 0.597. The predicted molar refractivity (Wildman–Crippen MR) is 60.5 cm³/mol. The van der Waals surface area contributed by atoms with Crippen LogP contribution >= 0.6 is 0 Å². The Morgan fingerprint density at radius 1 is 1.42 bits per heavy atom. The monoisotopic (exact) mass is 280 g/mol. The van der Waals surface area contributed by atoms with Gasteiger partial charge in [-0.25, -0.2) is 8.78 Å². The third kappa shape index (κ3) is 3.88. The molecule has 0 amide bonds. The topological polar surface area (TPSA) is 55.2 Å². The number of hydrogen-bond acceptors (Lipinski definition) is 3. The molecule has 1 aromatic carbocycles. The van der Waals surface area contributed by atoms with E-state index in [1.165, 1.54) is 25.1 Å². The highest BCUT2D eigenvalue weighted by atomic mass is 19.3. The molecule has 19 heavy (non-hydrogen) atoms. The van der Waals surface area contributed by atoms with Crippen LogP contribution in [0.1, 0.15) is 11.1 Å². The Morgan fingerprint density at radius 2 is 2.05 bits per heavy atom. The van der Waals surface area contributed by atoms with Crippen LogP contribution in [0.15, 0.2) is 18.2 Å². The molecule has 0 aromatic heterocycles. The van der Waals surface area contributed by atoms with Crippen LogP contribution in [0.4, 0.5) is 23.2 Å². The lowest BCUT2D eigenvalue weighted by molar-refractivity contribution is -0.385. The van der Waals surface area contributed by atoms with Gasteiger partial charge in [-0.1, -0.05) is 12.1 Å².